The highest BCUT2D eigenvalue weighted by atomic mass is 35.5. The molecule has 4 N–H and O–H groups in total. The smallest absolute Gasteiger partial charge is 0.327 e. The van der Waals surface area contributed by atoms with Gasteiger partial charge in [-0.05, 0) is 18.2 Å². The number of carbonyl (C=O) groups excluding carboxylic acids is 1. The number of halogens is 1. The van der Waals surface area contributed by atoms with Crippen molar-refractivity contribution in [2.75, 3.05) is 24.5 Å². The molecule has 0 aromatic heterocycles. The summed E-state index contributed by atoms with van der Waals surface area (Å²) in [4.78, 5) is 24.4. The molecular formula is C12H14ClN3O3. The Labute approximate surface area is 115 Å². The van der Waals surface area contributed by atoms with Gasteiger partial charge < -0.3 is 21.1 Å². The van der Waals surface area contributed by atoms with Gasteiger partial charge in [0.25, 0.3) is 5.91 Å². The van der Waals surface area contributed by atoms with Crippen LogP contribution in [0.2, 0.25) is 5.02 Å². The van der Waals surface area contributed by atoms with Crippen LogP contribution in [0.3, 0.4) is 0 Å². The lowest BCUT2D eigenvalue weighted by Gasteiger charge is -2.36. The Morgan fingerprint density at radius 3 is 2.84 bits per heavy atom. The highest BCUT2D eigenvalue weighted by Crippen LogP contribution is 2.27. The number of nitrogens with two attached hydrogens (primary N) is 1. The van der Waals surface area contributed by atoms with Crippen LogP contribution in [0.15, 0.2) is 18.2 Å². The van der Waals surface area contributed by atoms with Gasteiger partial charge in [0.1, 0.15) is 6.04 Å². The van der Waals surface area contributed by atoms with Gasteiger partial charge >= 0.3 is 5.97 Å². The van der Waals surface area contributed by atoms with Crippen molar-refractivity contribution in [2.24, 2.45) is 5.73 Å². The number of aliphatic carboxylic acids is 1. The van der Waals surface area contributed by atoms with E-state index in [0.29, 0.717) is 30.3 Å². The Morgan fingerprint density at radius 2 is 2.21 bits per heavy atom. The van der Waals surface area contributed by atoms with Crippen LogP contribution in [-0.4, -0.2) is 42.7 Å². The summed E-state index contributed by atoms with van der Waals surface area (Å²) < 4.78 is 0. The van der Waals surface area contributed by atoms with Crippen LogP contribution in [0, 0.1) is 0 Å². The predicted octanol–water partition coefficient (Wildman–Crippen LogP) is 0.302. The number of carboxylic acids is 1. The quantitative estimate of drug-likeness (QED) is 0.742. The zero-order chi connectivity index (χ0) is 14.0. The average Bonchev–Trinajstić information content (AvgIpc) is 2.38. The molecule has 7 heteroatoms. The van der Waals surface area contributed by atoms with Gasteiger partial charge in [0, 0.05) is 24.7 Å². The Bertz CT molecular complexity index is 521. The second-order valence-corrected chi connectivity index (χ2v) is 4.71. The molecule has 1 unspecified atom stereocenters. The second-order valence-electron chi connectivity index (χ2n) is 4.28. The second kappa shape index (κ2) is 5.46. The van der Waals surface area contributed by atoms with E-state index in [9.17, 15) is 14.7 Å². The summed E-state index contributed by atoms with van der Waals surface area (Å²) in [6.45, 7) is 1.41. The van der Waals surface area contributed by atoms with E-state index in [1.54, 1.807) is 17.0 Å². The third-order valence-corrected chi connectivity index (χ3v) is 3.30. The highest BCUT2D eigenvalue weighted by molar-refractivity contribution is 6.31. The molecule has 6 nitrogen and oxygen atoms in total. The average molecular weight is 284 g/mol. The molecule has 1 heterocycles. The number of anilines is 1. The molecule has 1 aliphatic heterocycles. The molecule has 1 aromatic rings. The molecule has 2 rings (SSSR count). The Morgan fingerprint density at radius 1 is 1.47 bits per heavy atom. The standard InChI is InChI=1S/C12H14ClN3O3/c13-7-1-2-8(11(14)17)9(5-7)16-4-3-15-6-10(16)12(18)19/h1-2,5,10,15H,3-4,6H2,(H2,14,17)(H,18,19). The van der Waals surface area contributed by atoms with Gasteiger partial charge in [0.2, 0.25) is 0 Å². The number of carboxylic acid groups (broad SMARTS) is 1. The number of benzene rings is 1. The molecule has 0 radical (unpaired) electrons. The fraction of sp³-hybridized carbons (Fsp3) is 0.333. The number of nitrogens with one attached hydrogen (secondary N) is 1. The maximum atomic E-state index is 11.4. The molecule has 1 aromatic carbocycles. The van der Waals surface area contributed by atoms with E-state index >= 15 is 0 Å². The summed E-state index contributed by atoms with van der Waals surface area (Å²) in [7, 11) is 0. The molecule has 1 fully saturated rings. The van der Waals surface area contributed by atoms with Gasteiger partial charge in [0.15, 0.2) is 0 Å². The Hall–Kier alpha value is -1.79. The molecule has 1 saturated heterocycles. The van der Waals surface area contributed by atoms with Gasteiger partial charge in [-0.2, -0.15) is 0 Å². The monoisotopic (exact) mass is 283 g/mol. The van der Waals surface area contributed by atoms with Gasteiger partial charge in [-0.15, -0.1) is 0 Å². The molecular weight excluding hydrogens is 270 g/mol. The zero-order valence-electron chi connectivity index (χ0n) is 10.1. The zero-order valence-corrected chi connectivity index (χ0v) is 10.9. The highest BCUT2D eigenvalue weighted by Gasteiger charge is 2.30. The van der Waals surface area contributed by atoms with E-state index in [1.807, 2.05) is 0 Å². The molecule has 0 spiro atoms. The fourth-order valence-corrected chi connectivity index (χ4v) is 2.33. The maximum absolute atomic E-state index is 11.4. The largest absolute Gasteiger partial charge is 0.480 e. The van der Waals surface area contributed by atoms with Crippen LogP contribution in [0.1, 0.15) is 10.4 Å². The van der Waals surface area contributed by atoms with Crippen molar-refractivity contribution in [1.82, 2.24) is 5.32 Å². The minimum atomic E-state index is -0.956. The van der Waals surface area contributed by atoms with Crippen LogP contribution in [0.4, 0.5) is 5.69 Å². The van der Waals surface area contributed by atoms with Crippen molar-refractivity contribution in [3.8, 4) is 0 Å². The first-order valence-corrected chi connectivity index (χ1v) is 6.18. The Balaban J connectivity index is 2.46. The summed E-state index contributed by atoms with van der Waals surface area (Å²) >= 11 is 5.93. The third kappa shape index (κ3) is 2.80. The summed E-state index contributed by atoms with van der Waals surface area (Å²) in [6, 6.07) is 3.90. The Kier molecular flexibility index (Phi) is 3.92. The lowest BCUT2D eigenvalue weighted by Crippen LogP contribution is -2.55. The van der Waals surface area contributed by atoms with Crippen LogP contribution < -0.4 is 16.0 Å². The summed E-state index contributed by atoms with van der Waals surface area (Å²) in [5.41, 5.74) is 6.06. The molecule has 1 amide bonds. The number of carbonyl (C=O) groups is 2. The molecule has 19 heavy (non-hydrogen) atoms. The van der Waals surface area contributed by atoms with Crippen molar-refractivity contribution < 1.29 is 14.7 Å². The van der Waals surface area contributed by atoms with E-state index in [0.717, 1.165) is 0 Å². The van der Waals surface area contributed by atoms with Gasteiger partial charge in [-0.25, -0.2) is 4.79 Å². The topological polar surface area (TPSA) is 95.7 Å². The van der Waals surface area contributed by atoms with Crippen molar-refractivity contribution >= 4 is 29.2 Å². The first-order chi connectivity index (χ1) is 9.00. The van der Waals surface area contributed by atoms with Crippen LogP contribution in [-0.2, 0) is 4.79 Å². The van der Waals surface area contributed by atoms with E-state index in [4.69, 9.17) is 17.3 Å². The summed E-state index contributed by atoms with van der Waals surface area (Å²) in [5.74, 6) is -1.56. The van der Waals surface area contributed by atoms with Crippen LogP contribution in [0.5, 0.6) is 0 Å². The number of nitrogens with zero attached hydrogens (tertiary/aromatic N) is 1. The fourth-order valence-electron chi connectivity index (χ4n) is 2.16. The number of hydrogen-bond donors (Lipinski definition) is 3. The molecule has 0 saturated carbocycles. The maximum Gasteiger partial charge on any atom is 0.327 e. The number of piperazine rings is 1. The number of hydrogen-bond acceptors (Lipinski definition) is 4. The summed E-state index contributed by atoms with van der Waals surface area (Å²) in [6.07, 6.45) is 0. The van der Waals surface area contributed by atoms with Crippen molar-refractivity contribution in [1.29, 1.82) is 0 Å². The first-order valence-electron chi connectivity index (χ1n) is 5.80. The predicted molar refractivity (Wildman–Crippen MR) is 71.6 cm³/mol. The normalized spacial score (nSPS) is 19.2. The van der Waals surface area contributed by atoms with Gasteiger partial charge in [-0.3, -0.25) is 4.79 Å². The summed E-state index contributed by atoms with van der Waals surface area (Å²) in [5, 5.41) is 12.7. The van der Waals surface area contributed by atoms with E-state index in [-0.39, 0.29) is 5.56 Å². The molecule has 0 bridgehead atoms. The SMILES string of the molecule is NC(=O)c1ccc(Cl)cc1N1CCNCC1C(=O)O. The van der Waals surface area contributed by atoms with E-state index in [1.165, 1.54) is 6.07 Å². The number of rotatable bonds is 3. The van der Waals surface area contributed by atoms with Gasteiger partial charge in [0.05, 0.1) is 11.3 Å². The minimum absolute atomic E-state index is 0.276. The van der Waals surface area contributed by atoms with E-state index in [2.05, 4.69) is 5.32 Å². The first kappa shape index (κ1) is 13.6. The lowest BCUT2D eigenvalue weighted by atomic mass is 10.1. The van der Waals surface area contributed by atoms with Crippen molar-refractivity contribution in [3.05, 3.63) is 28.8 Å². The minimum Gasteiger partial charge on any atom is -0.480 e. The molecule has 0 aliphatic carbocycles. The van der Waals surface area contributed by atoms with Crippen LogP contribution in [0.25, 0.3) is 0 Å². The number of primary amides is 1. The molecule has 102 valence electrons. The van der Waals surface area contributed by atoms with Crippen LogP contribution >= 0.6 is 11.6 Å². The third-order valence-electron chi connectivity index (χ3n) is 3.06. The lowest BCUT2D eigenvalue weighted by molar-refractivity contribution is -0.138. The number of amides is 1. The molecule has 1 aliphatic rings. The van der Waals surface area contributed by atoms with Crippen molar-refractivity contribution in [3.63, 3.8) is 0 Å². The van der Waals surface area contributed by atoms with Gasteiger partial charge in [-0.1, -0.05) is 11.6 Å². The van der Waals surface area contributed by atoms with Crippen molar-refractivity contribution in [2.45, 2.75) is 6.04 Å². The molecule has 1 atom stereocenters. The van der Waals surface area contributed by atoms with E-state index < -0.39 is 17.9 Å².